The number of likely N-dealkylation sites (tertiary alicyclic amines) is 1. The van der Waals surface area contributed by atoms with Gasteiger partial charge in [0.05, 0.1) is 18.1 Å². The van der Waals surface area contributed by atoms with E-state index in [2.05, 4.69) is 6.58 Å². The SMILES string of the molecule is C=CC(C)C1(C(=O)Oc2cccc([C@H](N)CO)c2)CCCN(C(=O)OC(C)(C)C)C1. The second-order valence-electron chi connectivity index (χ2n) is 8.94. The Morgan fingerprint density at radius 3 is 2.70 bits per heavy atom. The molecular weight excluding hydrogens is 384 g/mol. The lowest BCUT2D eigenvalue weighted by Gasteiger charge is -2.43. The van der Waals surface area contributed by atoms with Crippen LogP contribution in [-0.4, -0.2) is 47.4 Å². The van der Waals surface area contributed by atoms with Crippen molar-refractivity contribution in [1.82, 2.24) is 4.90 Å². The first-order valence-electron chi connectivity index (χ1n) is 10.3. The summed E-state index contributed by atoms with van der Waals surface area (Å²) in [6.07, 6.45) is 2.51. The van der Waals surface area contributed by atoms with E-state index in [1.807, 2.05) is 27.7 Å². The van der Waals surface area contributed by atoms with E-state index in [4.69, 9.17) is 15.2 Å². The molecule has 0 aliphatic carbocycles. The van der Waals surface area contributed by atoms with E-state index in [-0.39, 0.29) is 19.1 Å². The highest BCUT2D eigenvalue weighted by Crippen LogP contribution is 2.40. The molecule has 7 nitrogen and oxygen atoms in total. The van der Waals surface area contributed by atoms with E-state index in [0.717, 1.165) is 0 Å². The molecule has 1 amide bonds. The number of piperidine rings is 1. The minimum Gasteiger partial charge on any atom is -0.444 e. The fourth-order valence-electron chi connectivity index (χ4n) is 3.64. The van der Waals surface area contributed by atoms with Crippen LogP contribution in [-0.2, 0) is 9.53 Å². The summed E-state index contributed by atoms with van der Waals surface area (Å²) in [5.41, 5.74) is 5.00. The number of hydrogen-bond acceptors (Lipinski definition) is 6. The standard InChI is InChI=1S/C23H34N2O5/c1-6-16(2)23(11-8-12-25(15-23)21(28)30-22(3,4)5)20(27)29-18-10-7-9-17(13-18)19(24)14-26/h6-7,9-10,13,16,19,26H,1,8,11-12,14-15,24H2,2-5H3/t16?,19-,23?/m1/s1. The van der Waals surface area contributed by atoms with Crippen LogP contribution >= 0.6 is 0 Å². The fourth-order valence-corrected chi connectivity index (χ4v) is 3.64. The second kappa shape index (κ2) is 9.62. The fraction of sp³-hybridized carbons (Fsp3) is 0.565. The molecule has 2 rings (SSSR count). The number of aliphatic hydroxyl groups is 1. The first-order chi connectivity index (χ1) is 14.0. The Morgan fingerprint density at radius 1 is 1.40 bits per heavy atom. The Morgan fingerprint density at radius 2 is 2.10 bits per heavy atom. The molecule has 0 spiro atoms. The zero-order chi connectivity index (χ0) is 22.5. The van der Waals surface area contributed by atoms with Gasteiger partial charge in [-0.25, -0.2) is 4.79 Å². The molecule has 1 heterocycles. The molecular formula is C23H34N2O5. The predicted molar refractivity (Wildman–Crippen MR) is 115 cm³/mol. The van der Waals surface area contributed by atoms with Crippen molar-refractivity contribution in [3.05, 3.63) is 42.5 Å². The molecule has 0 radical (unpaired) electrons. The number of rotatable bonds is 6. The third-order valence-electron chi connectivity index (χ3n) is 5.50. The molecule has 0 saturated carbocycles. The highest BCUT2D eigenvalue weighted by Gasteiger charge is 2.48. The van der Waals surface area contributed by atoms with Gasteiger partial charge < -0.3 is 25.2 Å². The van der Waals surface area contributed by atoms with Crippen LogP contribution in [0.4, 0.5) is 4.79 Å². The molecule has 1 aromatic carbocycles. The molecule has 1 aromatic rings. The molecule has 2 unspecified atom stereocenters. The molecule has 1 fully saturated rings. The van der Waals surface area contributed by atoms with Gasteiger partial charge in [-0.3, -0.25) is 4.79 Å². The highest BCUT2D eigenvalue weighted by atomic mass is 16.6. The van der Waals surface area contributed by atoms with E-state index in [1.54, 1.807) is 35.2 Å². The first kappa shape index (κ1) is 23.9. The topological polar surface area (TPSA) is 102 Å². The number of esters is 1. The Balaban J connectivity index is 2.27. The van der Waals surface area contributed by atoms with Gasteiger partial charge in [0, 0.05) is 13.1 Å². The van der Waals surface area contributed by atoms with Crippen molar-refractivity contribution in [2.75, 3.05) is 19.7 Å². The molecule has 0 bridgehead atoms. The van der Waals surface area contributed by atoms with Gasteiger partial charge in [-0.05, 0) is 57.2 Å². The zero-order valence-electron chi connectivity index (χ0n) is 18.4. The van der Waals surface area contributed by atoms with Crippen LogP contribution in [0.25, 0.3) is 0 Å². The number of aliphatic hydroxyl groups excluding tert-OH is 1. The average Bonchev–Trinajstić information content (AvgIpc) is 2.71. The highest BCUT2D eigenvalue weighted by molar-refractivity contribution is 5.81. The van der Waals surface area contributed by atoms with E-state index < -0.39 is 29.1 Å². The summed E-state index contributed by atoms with van der Waals surface area (Å²) in [7, 11) is 0. The number of ether oxygens (including phenoxy) is 2. The van der Waals surface area contributed by atoms with E-state index >= 15 is 0 Å². The molecule has 3 N–H and O–H groups in total. The van der Waals surface area contributed by atoms with Gasteiger partial charge in [0.15, 0.2) is 0 Å². The van der Waals surface area contributed by atoms with Crippen molar-refractivity contribution >= 4 is 12.1 Å². The maximum Gasteiger partial charge on any atom is 0.410 e. The summed E-state index contributed by atoms with van der Waals surface area (Å²) in [5.74, 6) is -0.276. The first-order valence-corrected chi connectivity index (χ1v) is 10.3. The van der Waals surface area contributed by atoms with Crippen LogP contribution in [0.3, 0.4) is 0 Å². The molecule has 1 aliphatic rings. The van der Waals surface area contributed by atoms with Gasteiger partial charge in [-0.15, -0.1) is 6.58 Å². The van der Waals surface area contributed by atoms with Crippen LogP contribution in [0.1, 0.15) is 52.1 Å². The number of allylic oxidation sites excluding steroid dienone is 1. The molecule has 1 saturated heterocycles. The van der Waals surface area contributed by atoms with Crippen LogP contribution in [0, 0.1) is 11.3 Å². The van der Waals surface area contributed by atoms with Crippen molar-refractivity contribution in [1.29, 1.82) is 0 Å². The summed E-state index contributed by atoms with van der Waals surface area (Å²) in [4.78, 5) is 27.6. The predicted octanol–water partition coefficient (Wildman–Crippen LogP) is 3.42. The average molecular weight is 419 g/mol. The second-order valence-corrected chi connectivity index (χ2v) is 8.94. The minimum absolute atomic E-state index is 0.198. The van der Waals surface area contributed by atoms with Crippen molar-refractivity contribution in [2.45, 2.75) is 52.2 Å². The Labute approximate surface area is 178 Å². The Hall–Kier alpha value is -2.38. The summed E-state index contributed by atoms with van der Waals surface area (Å²) in [6.45, 7) is 11.7. The lowest BCUT2D eigenvalue weighted by Crippen LogP contribution is -2.54. The summed E-state index contributed by atoms with van der Waals surface area (Å²) >= 11 is 0. The molecule has 1 aliphatic heterocycles. The maximum atomic E-state index is 13.4. The third-order valence-corrected chi connectivity index (χ3v) is 5.50. The molecule has 0 aromatic heterocycles. The van der Waals surface area contributed by atoms with Gasteiger partial charge >= 0.3 is 12.1 Å². The molecule has 7 heteroatoms. The number of amides is 1. The van der Waals surface area contributed by atoms with Gasteiger partial charge in [-0.1, -0.05) is 25.1 Å². The zero-order valence-corrected chi connectivity index (χ0v) is 18.4. The lowest BCUT2D eigenvalue weighted by molar-refractivity contribution is -0.152. The number of nitrogens with two attached hydrogens (primary N) is 1. The van der Waals surface area contributed by atoms with Crippen LogP contribution < -0.4 is 10.5 Å². The van der Waals surface area contributed by atoms with Gasteiger partial charge in [0.1, 0.15) is 11.4 Å². The maximum absolute atomic E-state index is 13.4. The monoisotopic (exact) mass is 418 g/mol. The number of hydrogen-bond donors (Lipinski definition) is 2. The van der Waals surface area contributed by atoms with Crippen LogP contribution in [0.2, 0.25) is 0 Å². The van der Waals surface area contributed by atoms with Gasteiger partial charge in [0.25, 0.3) is 0 Å². The van der Waals surface area contributed by atoms with E-state index in [9.17, 15) is 14.7 Å². The van der Waals surface area contributed by atoms with E-state index in [1.165, 1.54) is 0 Å². The summed E-state index contributed by atoms with van der Waals surface area (Å²) < 4.78 is 11.2. The van der Waals surface area contributed by atoms with Crippen molar-refractivity contribution < 1.29 is 24.2 Å². The van der Waals surface area contributed by atoms with Crippen LogP contribution in [0.15, 0.2) is 36.9 Å². The summed E-state index contributed by atoms with van der Waals surface area (Å²) in [6, 6.07) is 6.27. The normalized spacial score (nSPS) is 21.5. The summed E-state index contributed by atoms with van der Waals surface area (Å²) in [5, 5.41) is 9.28. The van der Waals surface area contributed by atoms with Crippen molar-refractivity contribution in [2.24, 2.45) is 17.1 Å². The Kier molecular flexibility index (Phi) is 7.66. The third kappa shape index (κ3) is 5.61. The van der Waals surface area contributed by atoms with Crippen molar-refractivity contribution in [3.63, 3.8) is 0 Å². The number of benzene rings is 1. The number of nitrogens with zero attached hydrogens (tertiary/aromatic N) is 1. The van der Waals surface area contributed by atoms with Gasteiger partial charge in [0.2, 0.25) is 0 Å². The Bertz CT molecular complexity index is 773. The number of carbonyl (C=O) groups excluding carboxylic acids is 2. The number of carbonyl (C=O) groups is 2. The van der Waals surface area contributed by atoms with Crippen LogP contribution in [0.5, 0.6) is 5.75 Å². The smallest absolute Gasteiger partial charge is 0.410 e. The van der Waals surface area contributed by atoms with Crippen molar-refractivity contribution in [3.8, 4) is 5.75 Å². The largest absolute Gasteiger partial charge is 0.444 e. The molecule has 3 atom stereocenters. The lowest BCUT2D eigenvalue weighted by atomic mass is 9.70. The minimum atomic E-state index is -0.925. The van der Waals surface area contributed by atoms with E-state index in [0.29, 0.717) is 30.7 Å². The molecule has 30 heavy (non-hydrogen) atoms. The van der Waals surface area contributed by atoms with Gasteiger partial charge in [-0.2, -0.15) is 0 Å². The molecule has 166 valence electrons. The quantitative estimate of drug-likeness (QED) is 0.417.